The van der Waals surface area contributed by atoms with Crippen LogP contribution in [0.5, 0.6) is 0 Å². The minimum Gasteiger partial charge on any atom is -0.293 e. The molecule has 0 N–H and O–H groups in total. The molecule has 3 heteroatoms. The summed E-state index contributed by atoms with van der Waals surface area (Å²) in [4.78, 5) is 12.8. The Morgan fingerprint density at radius 1 is 1.43 bits per heavy atom. The predicted molar refractivity (Wildman–Crippen MR) is 57.6 cm³/mol. The number of hydrogen-bond acceptors (Lipinski definition) is 3. The number of carbonyl (C=O) groups excluding carboxylic acids is 1. The first-order valence-corrected chi connectivity index (χ1v) is 5.99. The van der Waals surface area contributed by atoms with Crippen molar-refractivity contribution in [1.29, 1.82) is 0 Å². The number of rotatable bonds is 2. The number of ketones is 1. The lowest BCUT2D eigenvalue weighted by Gasteiger charge is -2.24. The van der Waals surface area contributed by atoms with Gasteiger partial charge >= 0.3 is 0 Å². The molecule has 76 valence electrons. The number of Topliss-reactive ketones (excluding diaryl/α,β-unsaturated/α-hetero) is 1. The third-order valence-electron chi connectivity index (χ3n) is 3.07. The van der Waals surface area contributed by atoms with Gasteiger partial charge in [0.1, 0.15) is 0 Å². The van der Waals surface area contributed by atoms with Crippen molar-refractivity contribution in [1.82, 2.24) is 4.37 Å². The first-order valence-electron chi connectivity index (χ1n) is 5.22. The van der Waals surface area contributed by atoms with Crippen LogP contribution >= 0.6 is 11.5 Å². The highest BCUT2D eigenvalue weighted by Gasteiger charge is 2.25. The van der Waals surface area contributed by atoms with Crippen molar-refractivity contribution in [2.75, 3.05) is 0 Å². The summed E-state index contributed by atoms with van der Waals surface area (Å²) in [5.74, 6) is 1.39. The summed E-state index contributed by atoms with van der Waals surface area (Å²) >= 11 is 1.33. The van der Waals surface area contributed by atoms with Crippen molar-refractivity contribution < 1.29 is 4.79 Å². The van der Waals surface area contributed by atoms with Gasteiger partial charge in [-0.2, -0.15) is 0 Å². The summed E-state index contributed by atoms with van der Waals surface area (Å²) in [6, 6.07) is 1.84. The Hall–Kier alpha value is -0.700. The minimum atomic E-state index is 0.270. The molecule has 0 amide bonds. The van der Waals surface area contributed by atoms with E-state index in [0.717, 1.165) is 23.6 Å². The molecule has 0 bridgehead atoms. The van der Waals surface area contributed by atoms with E-state index in [1.165, 1.54) is 24.4 Å². The van der Waals surface area contributed by atoms with Crippen LogP contribution in [0.2, 0.25) is 0 Å². The van der Waals surface area contributed by atoms with Gasteiger partial charge in [0.25, 0.3) is 0 Å². The van der Waals surface area contributed by atoms with Gasteiger partial charge in [-0.05, 0) is 36.4 Å². The van der Waals surface area contributed by atoms with Gasteiger partial charge in [0, 0.05) is 12.1 Å². The van der Waals surface area contributed by atoms with Gasteiger partial charge in [0.15, 0.2) is 5.78 Å². The van der Waals surface area contributed by atoms with Gasteiger partial charge in [0.2, 0.25) is 0 Å². The van der Waals surface area contributed by atoms with Crippen LogP contribution < -0.4 is 0 Å². The van der Waals surface area contributed by atoms with Crippen LogP contribution in [0.25, 0.3) is 0 Å². The van der Waals surface area contributed by atoms with Crippen molar-refractivity contribution in [3.05, 3.63) is 17.1 Å². The Balaban J connectivity index is 1.99. The Morgan fingerprint density at radius 2 is 2.14 bits per heavy atom. The Labute approximate surface area is 88.5 Å². The van der Waals surface area contributed by atoms with Crippen LogP contribution in [-0.4, -0.2) is 10.2 Å². The Bertz CT molecular complexity index is 299. The largest absolute Gasteiger partial charge is 0.293 e. The van der Waals surface area contributed by atoms with E-state index in [2.05, 4.69) is 11.3 Å². The molecule has 0 atom stereocenters. The van der Waals surface area contributed by atoms with Crippen molar-refractivity contribution in [2.45, 2.75) is 32.6 Å². The molecule has 0 aliphatic heterocycles. The Kier molecular flexibility index (Phi) is 2.96. The number of nitrogens with zero attached hydrogens (tertiary/aromatic N) is 1. The quantitative estimate of drug-likeness (QED) is 0.700. The second-order valence-electron chi connectivity index (χ2n) is 4.20. The van der Waals surface area contributed by atoms with E-state index in [-0.39, 0.29) is 5.92 Å². The van der Waals surface area contributed by atoms with Crippen molar-refractivity contribution in [2.24, 2.45) is 11.8 Å². The summed E-state index contributed by atoms with van der Waals surface area (Å²) in [6.45, 7) is 2.27. The second kappa shape index (κ2) is 4.22. The summed E-state index contributed by atoms with van der Waals surface area (Å²) in [7, 11) is 0. The maximum Gasteiger partial charge on any atom is 0.177 e. The average molecular weight is 209 g/mol. The normalized spacial score (nSPS) is 27.5. The van der Waals surface area contributed by atoms with Gasteiger partial charge < -0.3 is 0 Å². The highest BCUT2D eigenvalue weighted by molar-refractivity contribution is 7.08. The van der Waals surface area contributed by atoms with Gasteiger partial charge in [-0.15, -0.1) is 0 Å². The lowest BCUT2D eigenvalue weighted by Crippen LogP contribution is -2.20. The lowest BCUT2D eigenvalue weighted by molar-refractivity contribution is 0.0880. The lowest BCUT2D eigenvalue weighted by atomic mass is 9.80. The predicted octanol–water partition coefficient (Wildman–Crippen LogP) is 3.15. The molecule has 1 heterocycles. The van der Waals surface area contributed by atoms with Gasteiger partial charge in [-0.3, -0.25) is 4.79 Å². The zero-order chi connectivity index (χ0) is 9.97. The number of aromatic nitrogens is 1. The molecule has 1 saturated carbocycles. The molecular formula is C11H15NOS. The standard InChI is InChI=1S/C11H15NOS/c1-8-2-4-9(5-3-8)11(13)10-6-7-12-14-10/h6-9H,2-5H2,1H3. The monoisotopic (exact) mass is 209 g/mol. The molecule has 0 saturated heterocycles. The van der Waals surface area contributed by atoms with Crippen LogP contribution in [-0.2, 0) is 0 Å². The first kappa shape index (κ1) is 9.84. The van der Waals surface area contributed by atoms with Crippen LogP contribution in [0.3, 0.4) is 0 Å². The first-order chi connectivity index (χ1) is 6.77. The molecule has 1 aliphatic rings. The number of hydrogen-bond donors (Lipinski definition) is 0. The molecule has 1 aliphatic carbocycles. The average Bonchev–Trinajstić information content (AvgIpc) is 2.71. The molecule has 1 aromatic heterocycles. The van der Waals surface area contributed by atoms with Crippen molar-refractivity contribution >= 4 is 17.3 Å². The van der Waals surface area contributed by atoms with Crippen LogP contribution in [0.1, 0.15) is 42.3 Å². The van der Waals surface area contributed by atoms with Crippen LogP contribution in [0, 0.1) is 11.8 Å². The summed E-state index contributed by atoms with van der Waals surface area (Å²) in [5, 5.41) is 0. The van der Waals surface area contributed by atoms with Gasteiger partial charge in [0.05, 0.1) is 4.88 Å². The fourth-order valence-corrected chi connectivity index (χ4v) is 2.68. The van der Waals surface area contributed by atoms with Crippen LogP contribution in [0.4, 0.5) is 0 Å². The fourth-order valence-electron chi connectivity index (χ4n) is 2.07. The fraction of sp³-hybridized carbons (Fsp3) is 0.636. The van der Waals surface area contributed by atoms with Gasteiger partial charge in [-0.1, -0.05) is 19.8 Å². The third kappa shape index (κ3) is 2.03. The molecule has 1 fully saturated rings. The zero-order valence-electron chi connectivity index (χ0n) is 8.40. The minimum absolute atomic E-state index is 0.270. The maximum absolute atomic E-state index is 11.9. The second-order valence-corrected chi connectivity index (χ2v) is 5.03. The van der Waals surface area contributed by atoms with Crippen molar-refractivity contribution in [3.8, 4) is 0 Å². The topological polar surface area (TPSA) is 30.0 Å². The van der Waals surface area contributed by atoms with E-state index in [4.69, 9.17) is 0 Å². The van der Waals surface area contributed by atoms with Crippen LogP contribution in [0.15, 0.2) is 12.3 Å². The van der Waals surface area contributed by atoms with E-state index < -0.39 is 0 Å². The Morgan fingerprint density at radius 3 is 2.71 bits per heavy atom. The molecule has 14 heavy (non-hydrogen) atoms. The van der Waals surface area contributed by atoms with E-state index >= 15 is 0 Å². The smallest absolute Gasteiger partial charge is 0.177 e. The van der Waals surface area contributed by atoms with E-state index in [1.54, 1.807) is 6.20 Å². The summed E-state index contributed by atoms with van der Waals surface area (Å²) in [6.07, 6.45) is 6.25. The molecule has 1 aromatic rings. The molecule has 2 nitrogen and oxygen atoms in total. The van der Waals surface area contributed by atoms with Crippen molar-refractivity contribution in [3.63, 3.8) is 0 Å². The summed E-state index contributed by atoms with van der Waals surface area (Å²) in [5.41, 5.74) is 0. The molecule has 0 unspecified atom stereocenters. The molecule has 0 aromatic carbocycles. The molecule has 0 spiro atoms. The zero-order valence-corrected chi connectivity index (χ0v) is 9.22. The molecular weight excluding hydrogens is 194 g/mol. The van der Waals surface area contributed by atoms with E-state index in [0.29, 0.717) is 5.78 Å². The van der Waals surface area contributed by atoms with Gasteiger partial charge in [-0.25, -0.2) is 4.37 Å². The number of carbonyl (C=O) groups is 1. The third-order valence-corrected chi connectivity index (χ3v) is 3.83. The summed E-state index contributed by atoms with van der Waals surface area (Å²) < 4.78 is 3.97. The molecule has 0 radical (unpaired) electrons. The van der Waals surface area contributed by atoms with E-state index in [1.807, 2.05) is 6.07 Å². The van der Waals surface area contributed by atoms with E-state index in [9.17, 15) is 4.79 Å². The highest BCUT2D eigenvalue weighted by Crippen LogP contribution is 2.31. The molecule has 2 rings (SSSR count). The SMILES string of the molecule is CC1CCC(C(=O)c2ccns2)CC1. The maximum atomic E-state index is 11.9. The highest BCUT2D eigenvalue weighted by atomic mass is 32.1.